The lowest BCUT2D eigenvalue weighted by Gasteiger charge is -2.15. The molecule has 1 aromatic heterocycles. The number of aromatic nitrogens is 2. The molecule has 30 heavy (non-hydrogen) atoms. The first kappa shape index (κ1) is 18.6. The molecule has 3 aromatic carbocycles. The van der Waals surface area contributed by atoms with Gasteiger partial charge in [-0.05, 0) is 62.5 Å². The second-order valence-electron chi connectivity index (χ2n) is 8.22. The maximum Gasteiger partial charge on any atom is 0.0926 e. The average molecular weight is 391 g/mol. The quantitative estimate of drug-likeness (QED) is 0.367. The molecular formula is C28H26N2. The molecule has 1 heterocycles. The van der Waals surface area contributed by atoms with Crippen LogP contribution in [0.3, 0.4) is 0 Å². The molecule has 2 nitrogen and oxygen atoms in total. The number of para-hydroxylation sites is 1. The van der Waals surface area contributed by atoms with Crippen LogP contribution >= 0.6 is 0 Å². The zero-order chi connectivity index (χ0) is 20.5. The summed E-state index contributed by atoms with van der Waals surface area (Å²) in [4.78, 5) is 0. The van der Waals surface area contributed by atoms with E-state index in [4.69, 9.17) is 5.10 Å². The lowest BCUT2D eigenvalue weighted by atomic mass is 9.88. The van der Waals surface area contributed by atoms with E-state index in [1.807, 2.05) is 0 Å². The first-order valence-corrected chi connectivity index (χ1v) is 10.7. The largest absolute Gasteiger partial charge is 0.232 e. The summed E-state index contributed by atoms with van der Waals surface area (Å²) in [5.74, 6) is 0. The molecule has 0 saturated carbocycles. The summed E-state index contributed by atoms with van der Waals surface area (Å²) in [5, 5.41) is 5.16. The van der Waals surface area contributed by atoms with Crippen LogP contribution in [-0.2, 0) is 6.42 Å². The Morgan fingerprint density at radius 2 is 1.43 bits per heavy atom. The predicted octanol–water partition coefficient (Wildman–Crippen LogP) is 7.03. The Bertz CT molecular complexity index is 1190. The van der Waals surface area contributed by atoms with Crippen molar-refractivity contribution < 1.29 is 0 Å². The fourth-order valence-electron chi connectivity index (χ4n) is 4.29. The lowest BCUT2D eigenvalue weighted by Crippen LogP contribution is -2.01. The third kappa shape index (κ3) is 3.50. The standard InChI is InChI=1S/C28H26N2/c1-20-11-15-22(16-12-20)19-24-7-6-10-26-27(24)29-30(25-8-4-3-5-9-25)28(26)23-17-13-21(2)14-18-23/h3-5,8-9,11-19H,6-7,10H2,1-2H3/b24-19+. The van der Waals surface area contributed by atoms with Gasteiger partial charge in [0.15, 0.2) is 0 Å². The van der Waals surface area contributed by atoms with Crippen LogP contribution in [0.5, 0.6) is 0 Å². The number of rotatable bonds is 3. The minimum Gasteiger partial charge on any atom is -0.232 e. The normalized spacial score (nSPS) is 14.7. The molecule has 0 N–H and O–H groups in total. The Morgan fingerprint density at radius 3 is 2.13 bits per heavy atom. The summed E-state index contributed by atoms with van der Waals surface area (Å²) in [6, 6.07) is 28.1. The molecule has 0 bridgehead atoms. The molecule has 0 spiro atoms. The zero-order valence-corrected chi connectivity index (χ0v) is 17.6. The molecule has 0 radical (unpaired) electrons. The fraction of sp³-hybridized carbons (Fsp3) is 0.179. The van der Waals surface area contributed by atoms with Crippen molar-refractivity contribution in [3.63, 3.8) is 0 Å². The molecule has 148 valence electrons. The van der Waals surface area contributed by atoms with Crippen LogP contribution in [0.15, 0.2) is 78.9 Å². The Labute approximate surface area is 178 Å². The van der Waals surface area contributed by atoms with Crippen molar-refractivity contribution in [1.82, 2.24) is 9.78 Å². The van der Waals surface area contributed by atoms with E-state index in [9.17, 15) is 0 Å². The summed E-state index contributed by atoms with van der Waals surface area (Å²) in [5.41, 5.74) is 11.2. The third-order valence-corrected chi connectivity index (χ3v) is 5.90. The topological polar surface area (TPSA) is 17.8 Å². The number of hydrogen-bond donors (Lipinski definition) is 0. The third-order valence-electron chi connectivity index (χ3n) is 5.90. The van der Waals surface area contributed by atoms with Crippen molar-refractivity contribution in [2.75, 3.05) is 0 Å². The number of hydrogen-bond acceptors (Lipinski definition) is 1. The van der Waals surface area contributed by atoms with E-state index in [1.54, 1.807) is 0 Å². The van der Waals surface area contributed by atoms with E-state index < -0.39 is 0 Å². The van der Waals surface area contributed by atoms with Gasteiger partial charge >= 0.3 is 0 Å². The summed E-state index contributed by atoms with van der Waals surface area (Å²) in [6.45, 7) is 4.27. The van der Waals surface area contributed by atoms with E-state index in [0.29, 0.717) is 0 Å². The minimum atomic E-state index is 1.07. The van der Waals surface area contributed by atoms with Crippen molar-refractivity contribution in [2.45, 2.75) is 33.1 Å². The first-order valence-electron chi connectivity index (χ1n) is 10.7. The molecule has 1 aliphatic rings. The predicted molar refractivity (Wildman–Crippen MR) is 126 cm³/mol. The van der Waals surface area contributed by atoms with Gasteiger partial charge in [-0.1, -0.05) is 77.9 Å². The highest BCUT2D eigenvalue weighted by atomic mass is 15.3. The van der Waals surface area contributed by atoms with E-state index in [-0.39, 0.29) is 0 Å². The monoisotopic (exact) mass is 390 g/mol. The van der Waals surface area contributed by atoms with Gasteiger partial charge in [0.05, 0.1) is 17.1 Å². The van der Waals surface area contributed by atoms with Gasteiger partial charge < -0.3 is 0 Å². The van der Waals surface area contributed by atoms with Crippen molar-refractivity contribution in [3.8, 4) is 16.9 Å². The zero-order valence-electron chi connectivity index (χ0n) is 17.6. The van der Waals surface area contributed by atoms with Crippen molar-refractivity contribution >= 4 is 11.6 Å². The van der Waals surface area contributed by atoms with Crippen molar-refractivity contribution in [2.24, 2.45) is 0 Å². The van der Waals surface area contributed by atoms with Gasteiger partial charge in [-0.25, -0.2) is 4.68 Å². The van der Waals surface area contributed by atoms with E-state index in [0.717, 1.165) is 30.6 Å². The van der Waals surface area contributed by atoms with Crippen molar-refractivity contribution in [3.05, 3.63) is 107 Å². The Balaban J connectivity index is 1.70. The molecule has 5 rings (SSSR count). The molecule has 0 unspecified atom stereocenters. The van der Waals surface area contributed by atoms with Crippen LogP contribution in [0, 0.1) is 13.8 Å². The summed E-state index contributed by atoms with van der Waals surface area (Å²) in [6.07, 6.45) is 5.61. The number of aryl methyl sites for hydroxylation is 2. The number of benzene rings is 3. The van der Waals surface area contributed by atoms with Crippen LogP contribution in [-0.4, -0.2) is 9.78 Å². The van der Waals surface area contributed by atoms with Crippen LogP contribution in [0.2, 0.25) is 0 Å². The first-order chi connectivity index (χ1) is 14.7. The lowest BCUT2D eigenvalue weighted by molar-refractivity contribution is 0.818. The van der Waals surface area contributed by atoms with Gasteiger partial charge in [0.1, 0.15) is 0 Å². The number of nitrogens with zero attached hydrogens (tertiary/aromatic N) is 2. The van der Waals surface area contributed by atoms with Gasteiger partial charge in [0.2, 0.25) is 0 Å². The maximum atomic E-state index is 5.16. The minimum absolute atomic E-state index is 1.07. The van der Waals surface area contributed by atoms with Gasteiger partial charge in [-0.2, -0.15) is 5.10 Å². The SMILES string of the molecule is Cc1ccc(/C=C2\CCCc3c2nn(-c2ccccc2)c3-c2ccc(C)cc2)cc1. The maximum absolute atomic E-state index is 5.16. The molecule has 4 aromatic rings. The number of fused-ring (bicyclic) bond motifs is 1. The van der Waals surface area contributed by atoms with Crippen LogP contribution in [0.1, 0.15) is 40.8 Å². The molecule has 0 atom stereocenters. The Kier molecular flexibility index (Phi) is 4.84. The Hall–Kier alpha value is -3.39. The molecule has 0 fully saturated rings. The van der Waals surface area contributed by atoms with Gasteiger partial charge in [0.25, 0.3) is 0 Å². The van der Waals surface area contributed by atoms with Gasteiger partial charge in [0, 0.05) is 11.1 Å². The molecule has 0 aliphatic heterocycles. The summed E-state index contributed by atoms with van der Waals surface area (Å²) in [7, 11) is 0. The van der Waals surface area contributed by atoms with Gasteiger partial charge in [-0.15, -0.1) is 0 Å². The fourth-order valence-corrected chi connectivity index (χ4v) is 4.29. The van der Waals surface area contributed by atoms with Gasteiger partial charge in [-0.3, -0.25) is 0 Å². The number of allylic oxidation sites excluding steroid dienone is 1. The molecule has 0 amide bonds. The highest BCUT2D eigenvalue weighted by molar-refractivity contribution is 5.85. The highest BCUT2D eigenvalue weighted by Crippen LogP contribution is 2.39. The second-order valence-corrected chi connectivity index (χ2v) is 8.22. The summed E-state index contributed by atoms with van der Waals surface area (Å²) < 4.78 is 2.14. The van der Waals surface area contributed by atoms with Crippen LogP contribution < -0.4 is 0 Å². The smallest absolute Gasteiger partial charge is 0.0926 e. The summed E-state index contributed by atoms with van der Waals surface area (Å²) >= 11 is 0. The van der Waals surface area contributed by atoms with E-state index in [2.05, 4.69) is 103 Å². The second kappa shape index (κ2) is 7.79. The van der Waals surface area contributed by atoms with E-state index in [1.165, 1.54) is 39.1 Å². The van der Waals surface area contributed by atoms with Crippen LogP contribution in [0.25, 0.3) is 28.6 Å². The molecule has 2 heteroatoms. The highest BCUT2D eigenvalue weighted by Gasteiger charge is 2.25. The molecule has 1 aliphatic carbocycles. The molecular weight excluding hydrogens is 364 g/mol. The Morgan fingerprint density at radius 1 is 0.767 bits per heavy atom. The molecule has 0 saturated heterocycles. The average Bonchev–Trinajstić information content (AvgIpc) is 3.17. The van der Waals surface area contributed by atoms with Crippen LogP contribution in [0.4, 0.5) is 0 Å². The van der Waals surface area contributed by atoms with Crippen molar-refractivity contribution in [1.29, 1.82) is 0 Å². The van der Waals surface area contributed by atoms with E-state index >= 15 is 0 Å².